The molecule has 0 aromatic heterocycles. The number of hydrogen-bond acceptors (Lipinski definition) is 2. The highest BCUT2D eigenvalue weighted by Gasteiger charge is 2.21. The van der Waals surface area contributed by atoms with Crippen molar-refractivity contribution in [2.75, 3.05) is 18.0 Å². The second kappa shape index (κ2) is 4.37. The lowest BCUT2D eigenvalue weighted by Crippen LogP contribution is -2.27. The summed E-state index contributed by atoms with van der Waals surface area (Å²) >= 11 is 0. The maximum atomic E-state index is 11.5. The van der Waals surface area contributed by atoms with E-state index in [2.05, 4.69) is 22.8 Å². The van der Waals surface area contributed by atoms with Crippen molar-refractivity contribution in [2.45, 2.75) is 25.4 Å². The Morgan fingerprint density at radius 2 is 2.06 bits per heavy atom. The van der Waals surface area contributed by atoms with E-state index in [0.29, 0.717) is 0 Å². The second-order valence-corrected chi connectivity index (χ2v) is 4.71. The van der Waals surface area contributed by atoms with Gasteiger partial charge in [-0.1, -0.05) is 12.1 Å². The van der Waals surface area contributed by atoms with Crippen LogP contribution in [0.25, 0.3) is 0 Å². The summed E-state index contributed by atoms with van der Waals surface area (Å²) in [5.41, 5.74) is 2.26. The summed E-state index contributed by atoms with van der Waals surface area (Å²) in [7, 11) is 0. The largest absolute Gasteiger partial charge is 0.336 e. The van der Waals surface area contributed by atoms with Crippen LogP contribution >= 0.6 is 0 Å². The SMILES string of the molecule is O=C1NCCN1c1ccc(CNC2CC2)cc1. The zero-order chi connectivity index (χ0) is 11.7. The minimum absolute atomic E-state index is 0.00820. The third-order valence-electron chi connectivity index (χ3n) is 3.28. The molecule has 2 amide bonds. The van der Waals surface area contributed by atoms with Crippen LogP contribution in [0, 0.1) is 0 Å². The van der Waals surface area contributed by atoms with Gasteiger partial charge in [0, 0.05) is 31.4 Å². The Balaban J connectivity index is 1.64. The van der Waals surface area contributed by atoms with Gasteiger partial charge in [-0.2, -0.15) is 0 Å². The minimum atomic E-state index is 0.00820. The number of carbonyl (C=O) groups excluding carboxylic acids is 1. The van der Waals surface area contributed by atoms with Crippen LogP contribution in [0.15, 0.2) is 24.3 Å². The summed E-state index contributed by atoms with van der Waals surface area (Å²) in [6, 6.07) is 8.98. The van der Waals surface area contributed by atoms with Crippen LogP contribution in [-0.4, -0.2) is 25.2 Å². The van der Waals surface area contributed by atoms with Gasteiger partial charge in [0.2, 0.25) is 0 Å². The van der Waals surface area contributed by atoms with E-state index in [4.69, 9.17) is 0 Å². The number of nitrogens with one attached hydrogen (secondary N) is 2. The maximum Gasteiger partial charge on any atom is 0.321 e. The van der Waals surface area contributed by atoms with Crippen molar-refractivity contribution in [1.29, 1.82) is 0 Å². The predicted octanol–water partition coefficient (Wildman–Crippen LogP) is 1.47. The smallest absolute Gasteiger partial charge is 0.321 e. The standard InChI is InChI=1S/C13H17N3O/c17-13-14-7-8-16(13)12-5-1-10(2-6-12)9-15-11-3-4-11/h1-2,5-6,11,15H,3-4,7-9H2,(H,14,17). The number of rotatable bonds is 4. The Hall–Kier alpha value is -1.55. The summed E-state index contributed by atoms with van der Waals surface area (Å²) in [6.07, 6.45) is 2.62. The first-order valence-electron chi connectivity index (χ1n) is 6.20. The topological polar surface area (TPSA) is 44.4 Å². The van der Waals surface area contributed by atoms with Crippen LogP contribution in [0.4, 0.5) is 10.5 Å². The number of hydrogen-bond donors (Lipinski definition) is 2. The van der Waals surface area contributed by atoms with E-state index in [-0.39, 0.29) is 6.03 Å². The Morgan fingerprint density at radius 3 is 2.65 bits per heavy atom. The Bertz CT molecular complexity index is 411. The number of amides is 2. The van der Waals surface area contributed by atoms with E-state index in [1.807, 2.05) is 12.1 Å². The molecule has 0 bridgehead atoms. The molecular weight excluding hydrogens is 214 g/mol. The van der Waals surface area contributed by atoms with E-state index in [9.17, 15) is 4.79 Å². The van der Waals surface area contributed by atoms with Gasteiger partial charge in [-0.3, -0.25) is 4.90 Å². The average molecular weight is 231 g/mol. The van der Waals surface area contributed by atoms with Crippen LogP contribution < -0.4 is 15.5 Å². The lowest BCUT2D eigenvalue weighted by molar-refractivity contribution is 0.252. The van der Waals surface area contributed by atoms with Gasteiger partial charge in [-0.25, -0.2) is 4.79 Å². The Morgan fingerprint density at radius 1 is 1.29 bits per heavy atom. The van der Waals surface area contributed by atoms with Crippen LogP contribution in [0.2, 0.25) is 0 Å². The van der Waals surface area contributed by atoms with Gasteiger partial charge in [0.15, 0.2) is 0 Å². The van der Waals surface area contributed by atoms with Crippen molar-refractivity contribution >= 4 is 11.7 Å². The first-order valence-corrected chi connectivity index (χ1v) is 6.20. The molecule has 1 aliphatic carbocycles. The molecule has 17 heavy (non-hydrogen) atoms. The Labute approximate surface area is 101 Å². The Kier molecular flexibility index (Phi) is 2.73. The molecule has 1 aromatic rings. The lowest BCUT2D eigenvalue weighted by atomic mass is 10.2. The van der Waals surface area contributed by atoms with E-state index in [1.54, 1.807) is 4.90 Å². The molecule has 1 saturated heterocycles. The number of urea groups is 1. The van der Waals surface area contributed by atoms with E-state index in [1.165, 1.54) is 18.4 Å². The molecule has 2 aliphatic rings. The predicted molar refractivity (Wildman–Crippen MR) is 67.0 cm³/mol. The summed E-state index contributed by atoms with van der Waals surface area (Å²) in [5, 5.41) is 6.28. The van der Waals surface area contributed by atoms with Crippen molar-refractivity contribution < 1.29 is 4.79 Å². The number of benzene rings is 1. The molecule has 90 valence electrons. The summed E-state index contributed by atoms with van der Waals surface area (Å²) in [5.74, 6) is 0. The van der Waals surface area contributed by atoms with Crippen LogP contribution in [0.1, 0.15) is 18.4 Å². The zero-order valence-corrected chi connectivity index (χ0v) is 9.78. The van der Waals surface area contributed by atoms with Gasteiger partial charge in [0.1, 0.15) is 0 Å². The molecule has 1 aromatic carbocycles. The highest BCUT2D eigenvalue weighted by atomic mass is 16.2. The third-order valence-corrected chi connectivity index (χ3v) is 3.28. The van der Waals surface area contributed by atoms with Crippen LogP contribution in [0.3, 0.4) is 0 Å². The molecule has 0 unspecified atom stereocenters. The van der Waals surface area contributed by atoms with Crippen molar-refractivity contribution in [1.82, 2.24) is 10.6 Å². The van der Waals surface area contributed by atoms with E-state index >= 15 is 0 Å². The second-order valence-electron chi connectivity index (χ2n) is 4.71. The normalized spacial score (nSPS) is 19.5. The summed E-state index contributed by atoms with van der Waals surface area (Å²) in [4.78, 5) is 13.3. The fourth-order valence-electron chi connectivity index (χ4n) is 2.06. The molecule has 0 spiro atoms. The van der Waals surface area contributed by atoms with Crippen molar-refractivity contribution in [3.05, 3.63) is 29.8 Å². The monoisotopic (exact) mass is 231 g/mol. The lowest BCUT2D eigenvalue weighted by Gasteiger charge is -2.14. The van der Waals surface area contributed by atoms with E-state index < -0.39 is 0 Å². The van der Waals surface area contributed by atoms with Gasteiger partial charge in [0.25, 0.3) is 0 Å². The van der Waals surface area contributed by atoms with Gasteiger partial charge in [-0.05, 0) is 30.5 Å². The van der Waals surface area contributed by atoms with Crippen molar-refractivity contribution in [3.63, 3.8) is 0 Å². The number of anilines is 1. The molecule has 1 heterocycles. The quantitative estimate of drug-likeness (QED) is 0.824. The molecular formula is C13H17N3O. The molecule has 4 nitrogen and oxygen atoms in total. The molecule has 2 N–H and O–H groups in total. The van der Waals surface area contributed by atoms with Crippen LogP contribution in [0.5, 0.6) is 0 Å². The molecule has 0 atom stereocenters. The number of carbonyl (C=O) groups is 1. The molecule has 1 saturated carbocycles. The maximum absolute atomic E-state index is 11.5. The molecule has 2 fully saturated rings. The van der Waals surface area contributed by atoms with Gasteiger partial charge < -0.3 is 10.6 Å². The fourth-order valence-corrected chi connectivity index (χ4v) is 2.06. The fraction of sp³-hybridized carbons (Fsp3) is 0.462. The highest BCUT2D eigenvalue weighted by molar-refractivity contribution is 5.93. The summed E-state index contributed by atoms with van der Waals surface area (Å²) < 4.78 is 0. The molecule has 0 radical (unpaired) electrons. The molecule has 3 rings (SSSR count). The first-order chi connectivity index (χ1) is 8.33. The highest BCUT2D eigenvalue weighted by Crippen LogP contribution is 2.20. The van der Waals surface area contributed by atoms with Crippen molar-refractivity contribution in [2.24, 2.45) is 0 Å². The van der Waals surface area contributed by atoms with Crippen LogP contribution in [-0.2, 0) is 6.54 Å². The molecule has 4 heteroatoms. The van der Waals surface area contributed by atoms with Gasteiger partial charge in [0.05, 0.1) is 0 Å². The van der Waals surface area contributed by atoms with Gasteiger partial charge in [-0.15, -0.1) is 0 Å². The first kappa shape index (κ1) is 10.6. The van der Waals surface area contributed by atoms with E-state index in [0.717, 1.165) is 31.4 Å². The van der Waals surface area contributed by atoms with Gasteiger partial charge >= 0.3 is 6.03 Å². The number of nitrogens with zero attached hydrogens (tertiary/aromatic N) is 1. The zero-order valence-electron chi connectivity index (χ0n) is 9.78. The third kappa shape index (κ3) is 2.42. The van der Waals surface area contributed by atoms with Crippen molar-refractivity contribution in [3.8, 4) is 0 Å². The average Bonchev–Trinajstić information content (AvgIpc) is 3.09. The minimum Gasteiger partial charge on any atom is -0.336 e. The summed E-state index contributed by atoms with van der Waals surface area (Å²) in [6.45, 7) is 2.43. The molecule has 1 aliphatic heterocycles.